The minimum atomic E-state index is -1.11. The summed E-state index contributed by atoms with van der Waals surface area (Å²) >= 11 is 0. The molecule has 0 saturated carbocycles. The fourth-order valence-electron chi connectivity index (χ4n) is 7.84. The number of hydrogen-bond donors (Lipinski definition) is 5. The zero-order chi connectivity index (χ0) is 35.3. The van der Waals surface area contributed by atoms with E-state index in [2.05, 4.69) is 72.8 Å². The van der Waals surface area contributed by atoms with Crippen LogP contribution in [0.25, 0.3) is 29.9 Å². The fraction of sp³-hybridized carbons (Fsp3) is 0.400. The second-order valence-electron chi connectivity index (χ2n) is 13.7. The number of rotatable bonds is 8. The summed E-state index contributed by atoms with van der Waals surface area (Å²) in [5, 5.41) is 17.5. The van der Waals surface area contributed by atoms with Crippen LogP contribution in [0.1, 0.15) is 103 Å². The predicted octanol–water partition coefficient (Wildman–Crippen LogP) is 5.51. The average Bonchev–Trinajstić information content (AvgIpc) is 3.80. The van der Waals surface area contributed by atoms with E-state index >= 15 is 0 Å². The van der Waals surface area contributed by atoms with Crippen LogP contribution in [0.15, 0.2) is 29.6 Å². The molecule has 2 aliphatic heterocycles. The summed E-state index contributed by atoms with van der Waals surface area (Å²) in [5.41, 5.74) is 13.0. The van der Waals surface area contributed by atoms with Gasteiger partial charge in [-0.15, -0.1) is 0 Å². The number of carbonyl (C=O) groups excluding carboxylic acids is 2. The molecular weight excluding hydrogens is 616 g/mol. The van der Waals surface area contributed by atoms with E-state index in [1.54, 1.807) is 0 Å². The van der Waals surface area contributed by atoms with Crippen LogP contribution in [0.3, 0.4) is 0 Å². The number of allylic oxidation sites excluding steroid dienone is 3. The molecule has 0 aromatic carbocycles. The molecule has 258 valence electrons. The molecule has 9 heteroatoms. The van der Waals surface area contributed by atoms with Crippen molar-refractivity contribution in [3.8, 4) is 0 Å². The number of aliphatic hydroxyl groups is 1. The number of methoxy groups -OCH3 is 1. The van der Waals surface area contributed by atoms with Crippen molar-refractivity contribution in [3.05, 3.63) is 96.5 Å². The average molecular weight is 665 g/mol. The quantitative estimate of drug-likeness (QED) is 0.160. The molecule has 0 amide bonds. The molecule has 0 unspecified atom stereocenters. The van der Waals surface area contributed by atoms with Gasteiger partial charge in [-0.25, -0.2) is 0 Å². The monoisotopic (exact) mass is 664 g/mol. The summed E-state index contributed by atoms with van der Waals surface area (Å²) in [4.78, 5) is 37.3. The number of esters is 2. The molecule has 3 aromatic heterocycles. The van der Waals surface area contributed by atoms with Gasteiger partial charge in [-0.3, -0.25) is 9.59 Å². The standard InChI is InChI=1S/C40H48N4O5/c1-10-24-20(5)27-16-29-22(7)26(12-13-33(45)49-15-14-19(3)4)37(43-29)35-36(40(47)48-9)39(46)34-23(8)30(44-38(34)35)18-32-25(11-2)21(6)28(42-32)17-31(24)41-27/h10,14,16-18,22,26,36,39,41-44,46H,1,11-13,15H2,2-9H3/b28-17-,29-16-,32-18-,37-35-/t22-,26-,36+,39-/m0/s1. The van der Waals surface area contributed by atoms with E-state index in [0.717, 1.165) is 67.9 Å². The van der Waals surface area contributed by atoms with Crippen molar-refractivity contribution in [1.29, 1.82) is 0 Å². The zero-order valence-electron chi connectivity index (χ0n) is 29.8. The molecule has 4 atom stereocenters. The highest BCUT2D eigenvalue weighted by Crippen LogP contribution is 2.52. The molecule has 6 rings (SSSR count). The second kappa shape index (κ2) is 13.3. The SMILES string of the molecule is C=Cc1c2[nH]c(c1C)/C=C1\N/C(=C3\c4[nH]c(c(C)c4[C@H](O)[C@@H]3C(=O)OC)/C=c3\[nH]/c(c(C)c3CC)=C\2)[C@@H](CCC(=O)OCC=C(C)C)[C@@H]1C. The van der Waals surface area contributed by atoms with Crippen molar-refractivity contribution < 1.29 is 24.2 Å². The highest BCUT2D eigenvalue weighted by atomic mass is 16.5. The van der Waals surface area contributed by atoms with Gasteiger partial charge in [-0.2, -0.15) is 0 Å². The van der Waals surface area contributed by atoms with Gasteiger partial charge in [0.2, 0.25) is 0 Å². The van der Waals surface area contributed by atoms with Crippen LogP contribution in [0.4, 0.5) is 0 Å². The smallest absolute Gasteiger partial charge is 0.316 e. The minimum absolute atomic E-state index is 0.0486. The van der Waals surface area contributed by atoms with Crippen molar-refractivity contribution in [3.63, 3.8) is 0 Å². The van der Waals surface area contributed by atoms with E-state index in [0.29, 0.717) is 23.3 Å². The van der Waals surface area contributed by atoms with Crippen molar-refractivity contribution in [2.75, 3.05) is 13.7 Å². The van der Waals surface area contributed by atoms with Gasteiger partial charge >= 0.3 is 11.9 Å². The van der Waals surface area contributed by atoms with E-state index in [4.69, 9.17) is 9.47 Å². The third-order valence-electron chi connectivity index (χ3n) is 10.7. The Hall–Kier alpha value is -4.76. The predicted molar refractivity (Wildman–Crippen MR) is 193 cm³/mol. The van der Waals surface area contributed by atoms with Crippen molar-refractivity contribution in [2.24, 2.45) is 17.8 Å². The first-order valence-electron chi connectivity index (χ1n) is 17.2. The molecule has 1 fully saturated rings. The normalized spacial score (nSPS) is 24.6. The molecule has 3 aliphatic rings. The van der Waals surface area contributed by atoms with Crippen molar-refractivity contribution in [2.45, 2.75) is 73.8 Å². The van der Waals surface area contributed by atoms with Gasteiger partial charge in [0.05, 0.1) is 18.9 Å². The Morgan fingerprint density at radius 3 is 2.37 bits per heavy atom. The number of carbonyl (C=O) groups is 2. The number of hydrogen-bond acceptors (Lipinski definition) is 6. The van der Waals surface area contributed by atoms with Gasteiger partial charge in [0.15, 0.2) is 0 Å². The number of H-pyrrole nitrogens is 3. The zero-order valence-corrected chi connectivity index (χ0v) is 29.8. The third kappa shape index (κ3) is 5.84. The number of aliphatic hydroxyl groups excluding tert-OH is 1. The molecule has 0 radical (unpaired) electrons. The second-order valence-corrected chi connectivity index (χ2v) is 13.7. The van der Waals surface area contributed by atoms with E-state index in [9.17, 15) is 14.7 Å². The fourth-order valence-corrected chi connectivity index (χ4v) is 7.84. The maximum absolute atomic E-state index is 13.5. The lowest BCUT2D eigenvalue weighted by Crippen LogP contribution is -2.24. The Morgan fingerprint density at radius 1 is 0.980 bits per heavy atom. The van der Waals surface area contributed by atoms with Crippen LogP contribution >= 0.6 is 0 Å². The number of aromatic nitrogens is 3. The molecule has 1 aliphatic carbocycles. The van der Waals surface area contributed by atoms with Crippen LogP contribution in [-0.4, -0.2) is 45.7 Å². The van der Waals surface area contributed by atoms with E-state index in [1.165, 1.54) is 18.2 Å². The summed E-state index contributed by atoms with van der Waals surface area (Å²) in [7, 11) is 1.35. The molecular formula is C40H48N4O5. The van der Waals surface area contributed by atoms with Crippen LogP contribution in [0.2, 0.25) is 0 Å². The summed E-state index contributed by atoms with van der Waals surface area (Å²) < 4.78 is 10.8. The third-order valence-corrected chi connectivity index (χ3v) is 10.7. The van der Waals surface area contributed by atoms with Crippen molar-refractivity contribution in [1.82, 2.24) is 20.3 Å². The molecule has 3 aromatic rings. The lowest BCUT2D eigenvalue weighted by atomic mass is 9.84. The van der Waals surface area contributed by atoms with Gasteiger partial charge in [-0.1, -0.05) is 32.1 Å². The lowest BCUT2D eigenvalue weighted by molar-refractivity contribution is -0.146. The first kappa shape index (κ1) is 34.1. The largest absolute Gasteiger partial charge is 0.468 e. The summed E-state index contributed by atoms with van der Waals surface area (Å²) in [6.45, 7) is 18.8. The first-order chi connectivity index (χ1) is 23.4. The minimum Gasteiger partial charge on any atom is -0.468 e. The number of aromatic amines is 3. The maximum Gasteiger partial charge on any atom is 0.316 e. The van der Waals surface area contributed by atoms with E-state index in [-0.39, 0.29) is 30.8 Å². The molecule has 49 heavy (non-hydrogen) atoms. The van der Waals surface area contributed by atoms with Crippen LogP contribution in [0.5, 0.6) is 0 Å². The van der Waals surface area contributed by atoms with Crippen LogP contribution < -0.4 is 16.0 Å². The maximum atomic E-state index is 13.5. The Morgan fingerprint density at radius 2 is 1.69 bits per heavy atom. The van der Waals surface area contributed by atoms with Crippen LogP contribution in [0, 0.1) is 38.5 Å². The van der Waals surface area contributed by atoms with Gasteiger partial charge in [0.25, 0.3) is 0 Å². The summed E-state index contributed by atoms with van der Waals surface area (Å²) in [6.07, 6.45) is 10.5. The van der Waals surface area contributed by atoms with E-state index in [1.807, 2.05) is 32.9 Å². The molecule has 1 saturated heterocycles. The molecule has 8 bridgehead atoms. The number of nitrogens with one attached hydrogen (secondary N) is 4. The molecule has 5 heterocycles. The molecule has 5 N–H and O–H groups in total. The molecule has 9 nitrogen and oxygen atoms in total. The van der Waals surface area contributed by atoms with Crippen LogP contribution in [-0.2, 0) is 25.5 Å². The summed E-state index contributed by atoms with van der Waals surface area (Å²) in [6, 6.07) is 0. The highest BCUT2D eigenvalue weighted by molar-refractivity contribution is 5.95. The van der Waals surface area contributed by atoms with Gasteiger partial charge in [-0.05, 0) is 94.0 Å². The van der Waals surface area contributed by atoms with Crippen molar-refractivity contribution >= 4 is 41.8 Å². The Labute approximate surface area is 287 Å². The number of fused-ring (bicyclic) bond motifs is 7. The Bertz CT molecular complexity index is 2080. The first-order valence-corrected chi connectivity index (χ1v) is 17.2. The van der Waals surface area contributed by atoms with Gasteiger partial charge in [0, 0.05) is 74.1 Å². The highest BCUT2D eigenvalue weighted by Gasteiger charge is 2.48. The lowest BCUT2D eigenvalue weighted by Gasteiger charge is -2.21. The Balaban J connectivity index is 1.62. The molecule has 0 spiro atoms. The summed E-state index contributed by atoms with van der Waals surface area (Å²) in [5.74, 6) is -1.95. The van der Waals surface area contributed by atoms with Gasteiger partial charge in [0.1, 0.15) is 12.5 Å². The topological polar surface area (TPSA) is 132 Å². The van der Waals surface area contributed by atoms with Gasteiger partial charge < -0.3 is 34.8 Å². The number of ether oxygens (including phenoxy) is 2. The van der Waals surface area contributed by atoms with E-state index < -0.39 is 18.0 Å². The Kier molecular flexibility index (Phi) is 9.24.